The monoisotopic (exact) mass is 265 g/mol. The lowest BCUT2D eigenvalue weighted by molar-refractivity contribution is -0.384. The average Bonchev–Trinajstić information content (AvgIpc) is 2.77. The Hall–Kier alpha value is -2.15. The van der Waals surface area contributed by atoms with Crippen LogP contribution in [0.2, 0.25) is 0 Å². The number of aromatic nitrogens is 1. The summed E-state index contributed by atoms with van der Waals surface area (Å²) in [5.41, 5.74) is 0.965. The number of anilines is 1. The van der Waals surface area contributed by atoms with Crippen LogP contribution in [0, 0.1) is 10.1 Å². The minimum atomic E-state index is -0.459. The maximum atomic E-state index is 10.7. The number of nitrogens with zero attached hydrogens (tertiary/aromatic N) is 2. The number of hydrogen-bond donors (Lipinski definition) is 1. The van der Waals surface area contributed by atoms with Gasteiger partial charge in [-0.15, -0.1) is 0 Å². The van der Waals surface area contributed by atoms with Crippen LogP contribution >= 0.6 is 0 Å². The van der Waals surface area contributed by atoms with Crippen LogP contribution in [-0.4, -0.2) is 29.2 Å². The molecule has 102 valence electrons. The molecule has 0 aliphatic rings. The zero-order chi connectivity index (χ0) is 13.8. The predicted molar refractivity (Wildman–Crippen MR) is 70.2 cm³/mol. The number of nitrogens with one attached hydrogen (secondary N) is 1. The minimum absolute atomic E-state index is 0.00489. The van der Waals surface area contributed by atoms with Crippen LogP contribution in [0.5, 0.6) is 0 Å². The Balaban J connectivity index is 2.15. The van der Waals surface area contributed by atoms with E-state index in [1.54, 1.807) is 6.07 Å². The Kier molecular flexibility index (Phi) is 3.96. The van der Waals surface area contributed by atoms with E-state index in [0.29, 0.717) is 30.3 Å². The fourth-order valence-electron chi connectivity index (χ4n) is 1.64. The van der Waals surface area contributed by atoms with E-state index in [-0.39, 0.29) is 11.7 Å². The molecule has 1 N–H and O–H groups in total. The summed E-state index contributed by atoms with van der Waals surface area (Å²) in [7, 11) is 0. The average molecular weight is 265 g/mol. The highest BCUT2D eigenvalue weighted by molar-refractivity contribution is 5.77. The Morgan fingerprint density at radius 3 is 3.05 bits per heavy atom. The van der Waals surface area contributed by atoms with Crippen LogP contribution in [0.25, 0.3) is 11.1 Å². The van der Waals surface area contributed by atoms with E-state index in [9.17, 15) is 10.1 Å². The quantitative estimate of drug-likeness (QED) is 0.637. The van der Waals surface area contributed by atoms with E-state index in [0.717, 1.165) is 0 Å². The molecule has 1 heterocycles. The Labute approximate surface area is 109 Å². The SMILES string of the molecule is CCOCC(C)Nc1nc2cc([N+](=O)[O-])ccc2o1. The van der Waals surface area contributed by atoms with Crippen molar-refractivity contribution < 1.29 is 14.1 Å². The molecule has 1 aromatic heterocycles. The molecule has 2 aromatic rings. The van der Waals surface area contributed by atoms with E-state index < -0.39 is 4.92 Å². The van der Waals surface area contributed by atoms with Gasteiger partial charge in [0.15, 0.2) is 5.58 Å². The molecule has 1 aromatic carbocycles. The number of non-ortho nitro benzene ring substituents is 1. The molecule has 19 heavy (non-hydrogen) atoms. The van der Waals surface area contributed by atoms with E-state index in [4.69, 9.17) is 9.15 Å². The molecule has 7 nitrogen and oxygen atoms in total. The maximum absolute atomic E-state index is 10.7. The first-order chi connectivity index (χ1) is 9.10. The molecule has 0 aliphatic heterocycles. The van der Waals surface area contributed by atoms with Gasteiger partial charge in [-0.2, -0.15) is 4.98 Å². The third-order valence-corrected chi connectivity index (χ3v) is 2.52. The summed E-state index contributed by atoms with van der Waals surface area (Å²) in [6, 6.07) is 4.70. The maximum Gasteiger partial charge on any atom is 0.295 e. The van der Waals surface area contributed by atoms with Gasteiger partial charge in [-0.05, 0) is 19.9 Å². The van der Waals surface area contributed by atoms with Crippen molar-refractivity contribution in [2.75, 3.05) is 18.5 Å². The second-order valence-corrected chi connectivity index (χ2v) is 4.13. The Morgan fingerprint density at radius 2 is 2.37 bits per heavy atom. The molecular weight excluding hydrogens is 250 g/mol. The fraction of sp³-hybridized carbons (Fsp3) is 0.417. The predicted octanol–water partition coefficient (Wildman–Crippen LogP) is 2.57. The number of hydrogen-bond acceptors (Lipinski definition) is 6. The number of ether oxygens (including phenoxy) is 1. The summed E-state index contributed by atoms with van der Waals surface area (Å²) < 4.78 is 10.7. The van der Waals surface area contributed by atoms with Crippen LogP contribution < -0.4 is 5.32 Å². The summed E-state index contributed by atoms with van der Waals surface area (Å²) in [5, 5.41) is 13.7. The van der Waals surface area contributed by atoms with Crippen LogP contribution in [0.15, 0.2) is 22.6 Å². The lowest BCUT2D eigenvalue weighted by Crippen LogP contribution is -2.21. The lowest BCUT2D eigenvalue weighted by atomic mass is 10.3. The van der Waals surface area contributed by atoms with Crippen molar-refractivity contribution in [2.24, 2.45) is 0 Å². The highest BCUT2D eigenvalue weighted by Gasteiger charge is 2.12. The summed E-state index contributed by atoms with van der Waals surface area (Å²) in [6.45, 7) is 5.04. The fourth-order valence-corrected chi connectivity index (χ4v) is 1.64. The van der Waals surface area contributed by atoms with Gasteiger partial charge in [0.2, 0.25) is 0 Å². The van der Waals surface area contributed by atoms with Crippen LogP contribution in [-0.2, 0) is 4.74 Å². The molecule has 0 saturated heterocycles. The highest BCUT2D eigenvalue weighted by Crippen LogP contribution is 2.23. The second-order valence-electron chi connectivity index (χ2n) is 4.13. The number of nitro benzene ring substituents is 1. The molecule has 2 rings (SSSR count). The molecule has 1 atom stereocenters. The van der Waals surface area contributed by atoms with E-state index in [2.05, 4.69) is 10.3 Å². The Bertz CT molecular complexity index is 581. The van der Waals surface area contributed by atoms with Crippen LogP contribution in [0.4, 0.5) is 11.7 Å². The third kappa shape index (κ3) is 3.19. The van der Waals surface area contributed by atoms with Crippen LogP contribution in [0.1, 0.15) is 13.8 Å². The molecular formula is C12H15N3O4. The van der Waals surface area contributed by atoms with Crippen molar-refractivity contribution in [3.63, 3.8) is 0 Å². The van der Waals surface area contributed by atoms with Gasteiger partial charge in [-0.1, -0.05) is 0 Å². The lowest BCUT2D eigenvalue weighted by Gasteiger charge is -2.10. The molecule has 0 radical (unpaired) electrons. The zero-order valence-electron chi connectivity index (χ0n) is 10.8. The van der Waals surface area contributed by atoms with Gasteiger partial charge >= 0.3 is 0 Å². The van der Waals surface area contributed by atoms with Gasteiger partial charge in [0.05, 0.1) is 17.6 Å². The van der Waals surface area contributed by atoms with Gasteiger partial charge in [-0.25, -0.2) is 0 Å². The van der Waals surface area contributed by atoms with E-state index in [1.807, 2.05) is 13.8 Å². The minimum Gasteiger partial charge on any atom is -0.424 e. The molecule has 1 unspecified atom stereocenters. The smallest absolute Gasteiger partial charge is 0.295 e. The van der Waals surface area contributed by atoms with Crippen molar-refractivity contribution in [3.8, 4) is 0 Å². The molecule has 0 spiro atoms. The van der Waals surface area contributed by atoms with Gasteiger partial charge in [0.1, 0.15) is 5.52 Å². The molecule has 0 fully saturated rings. The molecule has 7 heteroatoms. The topological polar surface area (TPSA) is 90.4 Å². The standard InChI is InChI=1S/C12H15N3O4/c1-3-18-7-8(2)13-12-14-10-6-9(15(16)17)4-5-11(10)19-12/h4-6,8H,3,7H2,1-2H3,(H,13,14). The Morgan fingerprint density at radius 1 is 1.58 bits per heavy atom. The number of benzene rings is 1. The van der Waals surface area contributed by atoms with E-state index >= 15 is 0 Å². The first kappa shape index (κ1) is 13.3. The zero-order valence-corrected chi connectivity index (χ0v) is 10.8. The molecule has 0 aliphatic carbocycles. The molecule has 0 bridgehead atoms. The highest BCUT2D eigenvalue weighted by atomic mass is 16.6. The molecule has 0 amide bonds. The van der Waals surface area contributed by atoms with E-state index in [1.165, 1.54) is 12.1 Å². The van der Waals surface area contributed by atoms with Crippen molar-refractivity contribution in [3.05, 3.63) is 28.3 Å². The first-order valence-electron chi connectivity index (χ1n) is 5.99. The summed E-state index contributed by atoms with van der Waals surface area (Å²) >= 11 is 0. The van der Waals surface area contributed by atoms with Crippen molar-refractivity contribution in [1.29, 1.82) is 0 Å². The van der Waals surface area contributed by atoms with Gasteiger partial charge in [0, 0.05) is 18.7 Å². The van der Waals surface area contributed by atoms with Crippen molar-refractivity contribution in [1.82, 2.24) is 4.98 Å². The van der Waals surface area contributed by atoms with Gasteiger partial charge in [-0.3, -0.25) is 10.1 Å². The first-order valence-corrected chi connectivity index (χ1v) is 5.99. The summed E-state index contributed by atoms with van der Waals surface area (Å²) in [4.78, 5) is 14.4. The van der Waals surface area contributed by atoms with Crippen molar-refractivity contribution in [2.45, 2.75) is 19.9 Å². The number of fused-ring (bicyclic) bond motifs is 1. The van der Waals surface area contributed by atoms with Gasteiger partial charge < -0.3 is 14.5 Å². The summed E-state index contributed by atoms with van der Waals surface area (Å²) in [5.74, 6) is 0. The van der Waals surface area contributed by atoms with Crippen LogP contribution in [0.3, 0.4) is 0 Å². The van der Waals surface area contributed by atoms with Gasteiger partial charge in [0.25, 0.3) is 11.7 Å². The normalized spacial score (nSPS) is 12.5. The largest absolute Gasteiger partial charge is 0.424 e. The van der Waals surface area contributed by atoms with Crippen molar-refractivity contribution >= 4 is 22.8 Å². The third-order valence-electron chi connectivity index (χ3n) is 2.52. The summed E-state index contributed by atoms with van der Waals surface area (Å²) in [6.07, 6.45) is 0. The second kappa shape index (κ2) is 5.66. The molecule has 0 saturated carbocycles. The number of oxazole rings is 1. The number of nitro groups is 1. The number of rotatable bonds is 6.